The predicted molar refractivity (Wildman–Crippen MR) is 149 cm³/mol. The van der Waals surface area contributed by atoms with Gasteiger partial charge in [-0.15, -0.1) is 0 Å². The number of hydrogen-bond donors (Lipinski definition) is 2. The molecule has 0 saturated carbocycles. The highest BCUT2D eigenvalue weighted by Crippen LogP contribution is 2.38. The number of amides is 1. The monoisotopic (exact) mass is 547 g/mol. The van der Waals surface area contributed by atoms with Crippen LogP contribution in [0.3, 0.4) is 0 Å². The number of carbonyl (C=O) groups excluding carboxylic acids is 1. The summed E-state index contributed by atoms with van der Waals surface area (Å²) in [6.45, 7) is 4.19. The second kappa shape index (κ2) is 11.3. The summed E-state index contributed by atoms with van der Waals surface area (Å²) in [4.78, 5) is 29.7. The molecule has 2 aromatic heterocycles. The minimum atomic E-state index is -4.60. The van der Waals surface area contributed by atoms with Gasteiger partial charge in [-0.3, -0.25) is 9.78 Å². The molecule has 0 unspecified atom stereocenters. The highest BCUT2D eigenvalue weighted by Gasteiger charge is 2.36. The lowest BCUT2D eigenvalue weighted by Crippen LogP contribution is -2.45. The summed E-state index contributed by atoms with van der Waals surface area (Å²) in [7, 11) is 1.94. The van der Waals surface area contributed by atoms with Gasteiger partial charge in [-0.05, 0) is 68.1 Å². The zero-order valence-corrected chi connectivity index (χ0v) is 22.0. The van der Waals surface area contributed by atoms with Crippen molar-refractivity contribution in [3.8, 4) is 11.3 Å². The predicted octanol–water partition coefficient (Wildman–Crippen LogP) is 5.61. The first-order valence-corrected chi connectivity index (χ1v) is 12.7. The molecule has 2 N–H and O–H groups in total. The molecule has 1 saturated heterocycles. The van der Waals surface area contributed by atoms with Crippen molar-refractivity contribution in [1.82, 2.24) is 19.9 Å². The van der Waals surface area contributed by atoms with Gasteiger partial charge in [-0.25, -0.2) is 9.97 Å². The molecule has 1 fully saturated rings. The number of anilines is 4. The molecule has 0 bridgehead atoms. The van der Waals surface area contributed by atoms with Crippen LogP contribution in [-0.4, -0.2) is 59.0 Å². The summed E-state index contributed by atoms with van der Waals surface area (Å²) in [6.07, 6.45) is 0.414. The minimum absolute atomic E-state index is 0.0761. The molecule has 5 rings (SSSR count). The Morgan fingerprint density at radius 2 is 1.77 bits per heavy atom. The topological polar surface area (TPSA) is 86.3 Å². The van der Waals surface area contributed by atoms with E-state index in [4.69, 9.17) is 0 Å². The molecular formula is C29H28F3N7O. The zero-order valence-electron chi connectivity index (χ0n) is 22.0. The molecule has 1 aliphatic heterocycles. The van der Waals surface area contributed by atoms with Crippen LogP contribution in [0.2, 0.25) is 0 Å². The highest BCUT2D eigenvalue weighted by atomic mass is 19.4. The number of benzene rings is 2. The molecule has 0 atom stereocenters. The van der Waals surface area contributed by atoms with Crippen molar-refractivity contribution in [3.05, 3.63) is 89.9 Å². The normalized spacial score (nSPS) is 14.2. The van der Waals surface area contributed by atoms with Crippen LogP contribution in [0.4, 0.5) is 36.2 Å². The van der Waals surface area contributed by atoms with Gasteiger partial charge in [-0.2, -0.15) is 13.2 Å². The van der Waals surface area contributed by atoms with Gasteiger partial charge in [0.2, 0.25) is 5.95 Å². The molecule has 0 spiro atoms. The Bertz CT molecular complexity index is 1500. The standard InChI is InChI=1S/C29H28F3N7O/c1-19-5-7-22(17-25(19)37-28-34-11-9-24(36-28)21-4-3-10-33-18-21)35-27(40)20-6-8-26(23(16-20)29(30,31)32)39-14-12-38(2)13-15-39/h3-11,16-18H,12-15H2,1-2H3,(H,35,40)(H,34,36,37). The number of nitrogens with one attached hydrogen (secondary N) is 2. The third-order valence-corrected chi connectivity index (χ3v) is 6.76. The van der Waals surface area contributed by atoms with Gasteiger partial charge in [-0.1, -0.05) is 6.07 Å². The molecule has 0 aliphatic carbocycles. The molecule has 3 heterocycles. The fourth-order valence-corrected chi connectivity index (χ4v) is 4.48. The number of pyridine rings is 1. The number of likely N-dealkylation sites (N-methyl/N-ethyl adjacent to an activating group) is 1. The van der Waals surface area contributed by atoms with Crippen molar-refractivity contribution in [3.63, 3.8) is 0 Å². The molecule has 206 valence electrons. The molecule has 2 aromatic carbocycles. The third kappa shape index (κ3) is 6.20. The van der Waals surface area contributed by atoms with Crippen LogP contribution in [0.25, 0.3) is 11.3 Å². The quantitative estimate of drug-likeness (QED) is 0.324. The van der Waals surface area contributed by atoms with Crippen LogP contribution < -0.4 is 15.5 Å². The first-order chi connectivity index (χ1) is 19.2. The van der Waals surface area contributed by atoms with Crippen LogP contribution in [-0.2, 0) is 6.18 Å². The molecule has 40 heavy (non-hydrogen) atoms. The van der Waals surface area contributed by atoms with Crippen LogP contribution in [0.1, 0.15) is 21.5 Å². The highest BCUT2D eigenvalue weighted by molar-refractivity contribution is 6.05. The lowest BCUT2D eigenvalue weighted by atomic mass is 10.1. The maximum atomic E-state index is 14.0. The minimum Gasteiger partial charge on any atom is -0.368 e. The van der Waals surface area contributed by atoms with Crippen molar-refractivity contribution in [2.24, 2.45) is 0 Å². The summed E-state index contributed by atoms with van der Waals surface area (Å²) >= 11 is 0. The SMILES string of the molecule is Cc1ccc(NC(=O)c2ccc(N3CCN(C)CC3)c(C(F)(F)F)c2)cc1Nc1nccc(-c2cccnc2)n1. The first kappa shape index (κ1) is 27.1. The number of alkyl halides is 3. The number of aryl methyl sites for hydroxylation is 1. The van der Waals surface area contributed by atoms with E-state index in [1.165, 1.54) is 12.1 Å². The first-order valence-electron chi connectivity index (χ1n) is 12.7. The van der Waals surface area contributed by atoms with E-state index >= 15 is 0 Å². The van der Waals surface area contributed by atoms with Gasteiger partial charge in [0.1, 0.15) is 0 Å². The van der Waals surface area contributed by atoms with E-state index in [2.05, 4.69) is 30.5 Å². The average molecular weight is 548 g/mol. The van der Waals surface area contributed by atoms with Crippen molar-refractivity contribution >= 4 is 28.9 Å². The molecule has 4 aromatic rings. The number of aromatic nitrogens is 3. The van der Waals surface area contributed by atoms with Crippen molar-refractivity contribution in [2.75, 3.05) is 48.8 Å². The van der Waals surface area contributed by atoms with E-state index in [1.54, 1.807) is 47.8 Å². The Morgan fingerprint density at radius 1 is 0.975 bits per heavy atom. The number of piperazine rings is 1. The second-order valence-corrected chi connectivity index (χ2v) is 9.64. The number of carbonyl (C=O) groups is 1. The van der Waals surface area contributed by atoms with Crippen molar-refractivity contribution in [1.29, 1.82) is 0 Å². The van der Waals surface area contributed by atoms with E-state index in [1.807, 2.05) is 26.1 Å². The van der Waals surface area contributed by atoms with E-state index in [0.29, 0.717) is 49.2 Å². The third-order valence-electron chi connectivity index (χ3n) is 6.76. The average Bonchev–Trinajstić information content (AvgIpc) is 2.95. The smallest absolute Gasteiger partial charge is 0.368 e. The van der Waals surface area contributed by atoms with Gasteiger partial charge in [0, 0.05) is 73.0 Å². The molecule has 1 amide bonds. The Morgan fingerprint density at radius 3 is 2.50 bits per heavy atom. The van der Waals surface area contributed by atoms with Gasteiger partial charge < -0.3 is 20.4 Å². The van der Waals surface area contributed by atoms with Crippen LogP contribution in [0.15, 0.2) is 73.2 Å². The fourth-order valence-electron chi connectivity index (χ4n) is 4.48. The van der Waals surface area contributed by atoms with Gasteiger partial charge in [0.15, 0.2) is 0 Å². The van der Waals surface area contributed by atoms with Gasteiger partial charge in [0.25, 0.3) is 5.91 Å². The van der Waals surface area contributed by atoms with Crippen LogP contribution in [0.5, 0.6) is 0 Å². The number of halogens is 3. The van der Waals surface area contributed by atoms with E-state index in [-0.39, 0.29) is 11.3 Å². The Balaban J connectivity index is 1.35. The summed E-state index contributed by atoms with van der Waals surface area (Å²) in [6, 6.07) is 14.4. The van der Waals surface area contributed by atoms with Crippen LogP contribution >= 0.6 is 0 Å². The Hall–Kier alpha value is -4.51. The molecular weight excluding hydrogens is 519 g/mol. The van der Waals surface area contributed by atoms with Gasteiger partial charge >= 0.3 is 6.18 Å². The van der Waals surface area contributed by atoms with Crippen molar-refractivity contribution in [2.45, 2.75) is 13.1 Å². The summed E-state index contributed by atoms with van der Waals surface area (Å²) in [5.74, 6) is -0.290. The summed E-state index contributed by atoms with van der Waals surface area (Å²) in [5.41, 5.74) is 2.64. The lowest BCUT2D eigenvalue weighted by molar-refractivity contribution is -0.137. The zero-order chi connectivity index (χ0) is 28.3. The molecule has 8 nitrogen and oxygen atoms in total. The second-order valence-electron chi connectivity index (χ2n) is 9.64. The Kier molecular flexibility index (Phi) is 7.65. The maximum absolute atomic E-state index is 14.0. The van der Waals surface area contributed by atoms with E-state index in [0.717, 1.165) is 17.2 Å². The number of hydrogen-bond acceptors (Lipinski definition) is 7. The Labute approximate surface area is 229 Å². The fraction of sp³-hybridized carbons (Fsp3) is 0.241. The van der Waals surface area contributed by atoms with E-state index < -0.39 is 17.6 Å². The van der Waals surface area contributed by atoms with Crippen LogP contribution in [0, 0.1) is 6.92 Å². The number of rotatable bonds is 6. The largest absolute Gasteiger partial charge is 0.418 e. The van der Waals surface area contributed by atoms with Crippen molar-refractivity contribution < 1.29 is 18.0 Å². The summed E-state index contributed by atoms with van der Waals surface area (Å²) in [5, 5.41) is 5.88. The molecule has 11 heteroatoms. The maximum Gasteiger partial charge on any atom is 0.418 e. The summed E-state index contributed by atoms with van der Waals surface area (Å²) < 4.78 is 42.0. The molecule has 0 radical (unpaired) electrons. The van der Waals surface area contributed by atoms with E-state index in [9.17, 15) is 18.0 Å². The molecule has 1 aliphatic rings. The lowest BCUT2D eigenvalue weighted by Gasteiger charge is -2.35. The number of nitrogens with zero attached hydrogens (tertiary/aromatic N) is 5. The van der Waals surface area contributed by atoms with Gasteiger partial charge in [0.05, 0.1) is 11.3 Å².